The molecule has 0 aliphatic carbocycles. The van der Waals surface area contributed by atoms with Crippen molar-refractivity contribution in [2.24, 2.45) is 0 Å². The molecule has 0 radical (unpaired) electrons. The monoisotopic (exact) mass is 384 g/mol. The molecule has 3 rings (SSSR count). The summed E-state index contributed by atoms with van der Waals surface area (Å²) in [6.07, 6.45) is 0. The third-order valence-electron chi connectivity index (χ3n) is 4.33. The van der Waals surface area contributed by atoms with E-state index in [2.05, 4.69) is 10.3 Å². The number of hydrogen-bond donors (Lipinski definition) is 1. The number of hydrogen-bond acceptors (Lipinski definition) is 6. The Morgan fingerprint density at radius 1 is 1.15 bits per heavy atom. The molecule has 0 unspecified atom stereocenters. The van der Waals surface area contributed by atoms with Crippen LogP contribution in [0.4, 0.5) is 10.7 Å². The van der Waals surface area contributed by atoms with Gasteiger partial charge in [0.15, 0.2) is 0 Å². The van der Waals surface area contributed by atoms with Crippen LogP contribution in [0.5, 0.6) is 5.75 Å². The molecule has 0 aliphatic rings. The van der Waals surface area contributed by atoms with Crippen LogP contribution in [0.2, 0.25) is 0 Å². The number of pyridine rings is 1. The zero-order valence-corrected chi connectivity index (χ0v) is 17.1. The minimum Gasteiger partial charge on any atom is -0.494 e. The van der Waals surface area contributed by atoms with Crippen LogP contribution in [0.1, 0.15) is 40.3 Å². The van der Waals surface area contributed by atoms with Crippen LogP contribution >= 0.6 is 11.3 Å². The lowest BCUT2D eigenvalue weighted by molar-refractivity contribution is 0.0527. The van der Waals surface area contributed by atoms with Crippen LogP contribution < -0.4 is 10.1 Å². The standard InChI is InChI=1S/C21H24N2O3S/c1-6-25-15-8-9-17-16(11-15)18(10-12(3)22-17)23-20-19(21(24)26-7-2)13(4)14(5)27-20/h8-11H,6-7H2,1-5H3,(H,22,23). The molecule has 27 heavy (non-hydrogen) atoms. The second-order valence-corrected chi connectivity index (χ2v) is 7.48. The summed E-state index contributed by atoms with van der Waals surface area (Å²) >= 11 is 1.56. The van der Waals surface area contributed by atoms with Gasteiger partial charge in [0.2, 0.25) is 0 Å². The Morgan fingerprint density at radius 2 is 1.93 bits per heavy atom. The van der Waals surface area contributed by atoms with Gasteiger partial charge in [-0.2, -0.15) is 0 Å². The number of nitrogens with one attached hydrogen (secondary N) is 1. The van der Waals surface area contributed by atoms with Crippen molar-refractivity contribution in [2.45, 2.75) is 34.6 Å². The van der Waals surface area contributed by atoms with Crippen LogP contribution in [0.15, 0.2) is 24.3 Å². The fourth-order valence-electron chi connectivity index (χ4n) is 2.98. The number of fused-ring (bicyclic) bond motifs is 1. The SMILES string of the molecule is CCOC(=O)c1c(Nc2cc(C)nc3ccc(OCC)cc23)sc(C)c1C. The van der Waals surface area contributed by atoms with Crippen molar-refractivity contribution in [2.75, 3.05) is 18.5 Å². The second kappa shape index (κ2) is 7.96. The predicted octanol–water partition coefficient (Wildman–Crippen LogP) is 5.54. The molecule has 0 aliphatic heterocycles. The summed E-state index contributed by atoms with van der Waals surface area (Å²) < 4.78 is 10.9. The quantitative estimate of drug-likeness (QED) is 0.565. The molecule has 2 heterocycles. The molecule has 6 heteroatoms. The largest absolute Gasteiger partial charge is 0.494 e. The molecule has 3 aromatic rings. The fraction of sp³-hybridized carbons (Fsp3) is 0.333. The Kier molecular flexibility index (Phi) is 5.65. The van der Waals surface area contributed by atoms with Crippen molar-refractivity contribution in [1.82, 2.24) is 4.98 Å². The highest BCUT2D eigenvalue weighted by Crippen LogP contribution is 2.37. The number of carbonyl (C=O) groups excluding carboxylic acids is 1. The maximum absolute atomic E-state index is 12.5. The minimum atomic E-state index is -0.299. The number of aromatic nitrogens is 1. The molecule has 142 valence electrons. The normalized spacial score (nSPS) is 10.9. The smallest absolute Gasteiger partial charge is 0.341 e. The highest BCUT2D eigenvalue weighted by atomic mass is 32.1. The number of carbonyl (C=O) groups is 1. The number of thiophene rings is 1. The summed E-state index contributed by atoms with van der Waals surface area (Å²) in [5, 5.41) is 5.19. The predicted molar refractivity (Wildman–Crippen MR) is 111 cm³/mol. The van der Waals surface area contributed by atoms with Crippen molar-refractivity contribution in [1.29, 1.82) is 0 Å². The Bertz CT molecular complexity index is 995. The van der Waals surface area contributed by atoms with Gasteiger partial charge in [-0.25, -0.2) is 4.79 Å². The summed E-state index contributed by atoms with van der Waals surface area (Å²) in [6, 6.07) is 7.84. The topological polar surface area (TPSA) is 60.5 Å². The van der Waals surface area contributed by atoms with Gasteiger partial charge >= 0.3 is 5.97 Å². The molecule has 0 atom stereocenters. The highest BCUT2D eigenvalue weighted by Gasteiger charge is 2.21. The highest BCUT2D eigenvalue weighted by molar-refractivity contribution is 7.16. The van der Waals surface area contributed by atoms with Crippen molar-refractivity contribution in [3.8, 4) is 5.75 Å². The van der Waals surface area contributed by atoms with E-state index in [0.717, 1.165) is 43.5 Å². The van der Waals surface area contributed by atoms with E-state index in [1.165, 1.54) is 0 Å². The maximum Gasteiger partial charge on any atom is 0.341 e. The number of ether oxygens (including phenoxy) is 2. The van der Waals surface area contributed by atoms with Crippen LogP contribution in [0.25, 0.3) is 10.9 Å². The van der Waals surface area contributed by atoms with E-state index < -0.39 is 0 Å². The maximum atomic E-state index is 12.5. The second-order valence-electron chi connectivity index (χ2n) is 6.26. The zero-order chi connectivity index (χ0) is 19.6. The third kappa shape index (κ3) is 3.90. The first-order valence-electron chi connectivity index (χ1n) is 9.02. The molecule has 5 nitrogen and oxygen atoms in total. The van der Waals surface area contributed by atoms with Gasteiger partial charge in [0.25, 0.3) is 0 Å². The van der Waals surface area contributed by atoms with E-state index in [1.807, 2.05) is 58.9 Å². The van der Waals surface area contributed by atoms with Gasteiger partial charge in [-0.05, 0) is 64.4 Å². The molecular weight excluding hydrogens is 360 g/mol. The van der Waals surface area contributed by atoms with Gasteiger partial charge in [0.1, 0.15) is 10.8 Å². The molecular formula is C21H24N2O3S. The summed E-state index contributed by atoms with van der Waals surface area (Å²) in [7, 11) is 0. The van der Waals surface area contributed by atoms with Gasteiger partial charge in [-0.15, -0.1) is 11.3 Å². The Hall–Kier alpha value is -2.60. The molecule has 1 aromatic carbocycles. The lowest BCUT2D eigenvalue weighted by Gasteiger charge is -2.13. The number of aryl methyl sites for hydroxylation is 2. The fourth-order valence-corrected chi connectivity index (χ4v) is 4.04. The van der Waals surface area contributed by atoms with Crippen molar-refractivity contribution < 1.29 is 14.3 Å². The molecule has 0 amide bonds. The molecule has 0 spiro atoms. The van der Waals surface area contributed by atoms with Gasteiger partial charge in [0.05, 0.1) is 30.0 Å². The summed E-state index contributed by atoms with van der Waals surface area (Å²) in [4.78, 5) is 18.2. The van der Waals surface area contributed by atoms with Gasteiger partial charge in [-0.1, -0.05) is 0 Å². The van der Waals surface area contributed by atoms with Crippen LogP contribution in [-0.4, -0.2) is 24.2 Å². The average molecular weight is 385 g/mol. The Labute approximate surface area is 163 Å². The van der Waals surface area contributed by atoms with E-state index in [-0.39, 0.29) is 5.97 Å². The lowest BCUT2D eigenvalue weighted by Crippen LogP contribution is -2.07. The summed E-state index contributed by atoms with van der Waals surface area (Å²) in [6.45, 7) is 10.6. The van der Waals surface area contributed by atoms with Crippen LogP contribution in [0, 0.1) is 20.8 Å². The molecule has 0 fully saturated rings. The third-order valence-corrected chi connectivity index (χ3v) is 5.45. The first kappa shape index (κ1) is 19.2. The Morgan fingerprint density at radius 3 is 2.63 bits per heavy atom. The van der Waals surface area contributed by atoms with Crippen LogP contribution in [-0.2, 0) is 4.74 Å². The van der Waals surface area contributed by atoms with E-state index in [0.29, 0.717) is 18.8 Å². The number of benzene rings is 1. The minimum absolute atomic E-state index is 0.299. The molecule has 0 bridgehead atoms. The van der Waals surface area contributed by atoms with E-state index in [9.17, 15) is 4.79 Å². The first-order valence-corrected chi connectivity index (χ1v) is 9.84. The summed E-state index contributed by atoms with van der Waals surface area (Å²) in [5.74, 6) is 0.495. The van der Waals surface area contributed by atoms with Gasteiger partial charge in [0, 0.05) is 16.0 Å². The van der Waals surface area contributed by atoms with E-state index in [4.69, 9.17) is 9.47 Å². The van der Waals surface area contributed by atoms with E-state index >= 15 is 0 Å². The number of rotatable bonds is 6. The molecule has 2 aromatic heterocycles. The first-order chi connectivity index (χ1) is 12.9. The van der Waals surface area contributed by atoms with Crippen molar-refractivity contribution in [3.63, 3.8) is 0 Å². The number of nitrogens with zero attached hydrogens (tertiary/aromatic N) is 1. The van der Waals surface area contributed by atoms with Gasteiger partial charge in [-0.3, -0.25) is 4.98 Å². The average Bonchev–Trinajstić information content (AvgIpc) is 2.89. The van der Waals surface area contributed by atoms with Crippen LogP contribution in [0.3, 0.4) is 0 Å². The van der Waals surface area contributed by atoms with Gasteiger partial charge < -0.3 is 14.8 Å². The number of esters is 1. The molecule has 1 N–H and O–H groups in total. The van der Waals surface area contributed by atoms with E-state index in [1.54, 1.807) is 11.3 Å². The molecule has 0 saturated carbocycles. The Balaban J connectivity index is 2.10. The molecule has 0 saturated heterocycles. The zero-order valence-electron chi connectivity index (χ0n) is 16.3. The lowest BCUT2D eigenvalue weighted by atomic mass is 10.1. The number of anilines is 2. The summed E-state index contributed by atoms with van der Waals surface area (Å²) in [5.41, 5.74) is 4.22. The van der Waals surface area contributed by atoms with Crippen molar-refractivity contribution in [3.05, 3.63) is 46.0 Å². The van der Waals surface area contributed by atoms with Crippen molar-refractivity contribution >= 4 is 38.9 Å².